The van der Waals surface area contributed by atoms with E-state index < -0.39 is 25.2 Å². The molecule has 2 N–H and O–H groups in total. The molecule has 0 heterocycles. The van der Waals surface area contributed by atoms with Crippen molar-refractivity contribution >= 4 is 25.2 Å². The standard InChI is InChI=1S/C15H39NO4Si3/c1-17-12-13-18-11-9-15-22(4,5)20-23(6,7)19-21(2,3)14-8-10-16/h8-16H2,1-7H3. The Kier molecular flexibility index (Phi) is 11.4. The van der Waals surface area contributed by atoms with E-state index in [1.54, 1.807) is 7.11 Å². The highest BCUT2D eigenvalue weighted by atomic mass is 28.5. The topological polar surface area (TPSA) is 62.9 Å². The molecule has 0 rings (SSSR count). The van der Waals surface area contributed by atoms with Gasteiger partial charge in [0, 0.05) is 13.7 Å². The molecule has 0 aliphatic rings. The molecule has 0 atom stereocenters. The molecule has 0 fully saturated rings. The summed E-state index contributed by atoms with van der Waals surface area (Å²) in [6, 6.07) is 2.21. The highest BCUT2D eigenvalue weighted by Gasteiger charge is 2.39. The van der Waals surface area contributed by atoms with Gasteiger partial charge in [-0.2, -0.15) is 0 Å². The molecule has 0 saturated heterocycles. The predicted molar refractivity (Wildman–Crippen MR) is 105 cm³/mol. The molecule has 0 aromatic carbocycles. The number of nitrogens with two attached hydrogens (primary N) is 1. The Bertz CT molecular complexity index is 315. The van der Waals surface area contributed by atoms with Gasteiger partial charge < -0.3 is 23.4 Å². The fraction of sp³-hybridized carbons (Fsp3) is 1.00. The van der Waals surface area contributed by atoms with Gasteiger partial charge in [0.25, 0.3) is 0 Å². The van der Waals surface area contributed by atoms with E-state index in [1.807, 2.05) is 0 Å². The molecule has 0 bridgehead atoms. The Hall–Kier alpha value is 0.451. The van der Waals surface area contributed by atoms with Crippen molar-refractivity contribution in [3.63, 3.8) is 0 Å². The van der Waals surface area contributed by atoms with Crippen LogP contribution in [-0.2, 0) is 17.7 Å². The second-order valence-corrected chi connectivity index (χ2v) is 20.2. The lowest BCUT2D eigenvalue weighted by atomic mass is 10.5. The summed E-state index contributed by atoms with van der Waals surface area (Å²) in [6.45, 7) is 16.4. The highest BCUT2D eigenvalue weighted by Crippen LogP contribution is 2.25. The van der Waals surface area contributed by atoms with E-state index in [1.165, 1.54) is 0 Å². The van der Waals surface area contributed by atoms with Gasteiger partial charge in [-0.15, -0.1) is 0 Å². The summed E-state index contributed by atoms with van der Waals surface area (Å²) in [4.78, 5) is 0. The molecule has 5 nitrogen and oxygen atoms in total. The molecule has 0 saturated carbocycles. The number of methoxy groups -OCH3 is 1. The molecule has 0 aliphatic heterocycles. The van der Waals surface area contributed by atoms with Crippen molar-refractivity contribution in [1.82, 2.24) is 0 Å². The third-order valence-corrected chi connectivity index (χ3v) is 15.0. The quantitative estimate of drug-likeness (QED) is 0.368. The van der Waals surface area contributed by atoms with E-state index >= 15 is 0 Å². The van der Waals surface area contributed by atoms with Crippen LogP contribution in [0.25, 0.3) is 0 Å². The van der Waals surface area contributed by atoms with Gasteiger partial charge in [0.15, 0.2) is 16.6 Å². The van der Waals surface area contributed by atoms with Crippen LogP contribution in [0.5, 0.6) is 0 Å². The van der Waals surface area contributed by atoms with Gasteiger partial charge in [-0.1, -0.05) is 0 Å². The maximum absolute atomic E-state index is 6.55. The van der Waals surface area contributed by atoms with Crippen LogP contribution in [0, 0.1) is 0 Å². The van der Waals surface area contributed by atoms with Crippen LogP contribution in [0.1, 0.15) is 12.8 Å². The molecule has 0 aliphatic carbocycles. The van der Waals surface area contributed by atoms with Gasteiger partial charge in [0.05, 0.1) is 13.2 Å². The van der Waals surface area contributed by atoms with Crippen LogP contribution in [0.15, 0.2) is 0 Å². The van der Waals surface area contributed by atoms with Crippen molar-refractivity contribution < 1.29 is 17.7 Å². The first-order chi connectivity index (χ1) is 10.5. The van der Waals surface area contributed by atoms with Crippen LogP contribution in [0.3, 0.4) is 0 Å². The van der Waals surface area contributed by atoms with Gasteiger partial charge in [-0.3, -0.25) is 0 Å². The lowest BCUT2D eigenvalue weighted by molar-refractivity contribution is 0.0707. The molecule has 23 heavy (non-hydrogen) atoms. The largest absolute Gasteiger partial charge is 0.437 e. The minimum absolute atomic E-state index is 0.660. The lowest BCUT2D eigenvalue weighted by Gasteiger charge is -2.38. The Labute approximate surface area is 146 Å². The van der Waals surface area contributed by atoms with Crippen LogP contribution in [0.4, 0.5) is 0 Å². The van der Waals surface area contributed by atoms with Crippen LogP contribution in [0.2, 0.25) is 51.4 Å². The predicted octanol–water partition coefficient (Wildman–Crippen LogP) is 3.53. The van der Waals surface area contributed by atoms with Gasteiger partial charge in [-0.25, -0.2) is 0 Å². The summed E-state index contributed by atoms with van der Waals surface area (Å²) in [5, 5.41) is 0. The maximum atomic E-state index is 6.55. The van der Waals surface area contributed by atoms with Gasteiger partial charge in [0.2, 0.25) is 0 Å². The number of rotatable bonds is 14. The van der Waals surface area contributed by atoms with Crippen molar-refractivity contribution in [2.45, 2.75) is 64.2 Å². The van der Waals surface area contributed by atoms with Gasteiger partial charge in [-0.05, 0) is 70.8 Å². The first kappa shape index (κ1) is 23.5. The van der Waals surface area contributed by atoms with Crippen LogP contribution >= 0.6 is 0 Å². The van der Waals surface area contributed by atoms with Gasteiger partial charge in [0.1, 0.15) is 0 Å². The summed E-state index contributed by atoms with van der Waals surface area (Å²) in [5.74, 6) is 0. The Morgan fingerprint density at radius 1 is 0.739 bits per heavy atom. The average molecular weight is 382 g/mol. The second-order valence-electron chi connectivity index (χ2n) is 7.72. The molecule has 140 valence electrons. The minimum atomic E-state index is -2.08. The zero-order chi connectivity index (χ0) is 18.0. The van der Waals surface area contributed by atoms with Crippen molar-refractivity contribution in [2.24, 2.45) is 5.73 Å². The van der Waals surface area contributed by atoms with Crippen molar-refractivity contribution in [2.75, 3.05) is 33.5 Å². The minimum Gasteiger partial charge on any atom is -0.437 e. The number of ether oxygens (including phenoxy) is 2. The summed E-state index contributed by atoms with van der Waals surface area (Å²) in [5.41, 5.74) is 5.63. The first-order valence-electron chi connectivity index (χ1n) is 8.71. The molecule has 0 aromatic rings. The van der Waals surface area contributed by atoms with Crippen LogP contribution in [-0.4, -0.2) is 58.7 Å². The summed E-state index contributed by atoms with van der Waals surface area (Å²) >= 11 is 0. The first-order valence-corrected chi connectivity index (χ1v) is 17.8. The van der Waals surface area contributed by atoms with Crippen molar-refractivity contribution in [1.29, 1.82) is 0 Å². The van der Waals surface area contributed by atoms with E-state index in [2.05, 4.69) is 39.3 Å². The third-order valence-electron chi connectivity index (χ3n) is 3.53. The smallest absolute Gasteiger partial charge is 0.311 e. The van der Waals surface area contributed by atoms with Crippen molar-refractivity contribution in [3.05, 3.63) is 0 Å². The Morgan fingerprint density at radius 3 is 1.74 bits per heavy atom. The zero-order valence-electron chi connectivity index (χ0n) is 16.4. The van der Waals surface area contributed by atoms with E-state index in [-0.39, 0.29) is 0 Å². The van der Waals surface area contributed by atoms with Crippen molar-refractivity contribution in [3.8, 4) is 0 Å². The van der Waals surface area contributed by atoms with E-state index in [9.17, 15) is 0 Å². The average Bonchev–Trinajstić information content (AvgIpc) is 2.37. The summed E-state index contributed by atoms with van der Waals surface area (Å²) in [6.07, 6.45) is 2.09. The molecule has 8 heteroatoms. The monoisotopic (exact) mass is 381 g/mol. The molecule has 0 amide bonds. The Balaban J connectivity index is 4.22. The van der Waals surface area contributed by atoms with E-state index in [4.69, 9.17) is 23.4 Å². The van der Waals surface area contributed by atoms with Crippen LogP contribution < -0.4 is 5.73 Å². The fourth-order valence-electron chi connectivity index (χ4n) is 2.83. The third kappa shape index (κ3) is 13.4. The normalized spacial score (nSPS) is 13.6. The van der Waals surface area contributed by atoms with E-state index in [0.717, 1.165) is 38.1 Å². The summed E-state index contributed by atoms with van der Waals surface area (Å²) < 4.78 is 23.6. The maximum Gasteiger partial charge on any atom is 0.311 e. The molecular weight excluding hydrogens is 342 g/mol. The number of hydrogen-bond donors (Lipinski definition) is 1. The SMILES string of the molecule is COCCOCCC[Si](C)(C)O[Si](C)(C)O[Si](C)(C)CCCN. The molecule has 0 aromatic heterocycles. The zero-order valence-corrected chi connectivity index (χ0v) is 19.4. The molecule has 0 radical (unpaired) electrons. The Morgan fingerprint density at radius 2 is 1.26 bits per heavy atom. The molecule has 0 spiro atoms. The molecule has 0 unspecified atom stereocenters. The second kappa shape index (κ2) is 11.1. The highest BCUT2D eigenvalue weighted by molar-refractivity contribution is 6.87. The summed E-state index contributed by atoms with van der Waals surface area (Å²) in [7, 11) is -3.78. The van der Waals surface area contributed by atoms with E-state index in [0.29, 0.717) is 13.2 Å². The number of hydrogen-bond acceptors (Lipinski definition) is 5. The lowest BCUT2D eigenvalue weighted by Crippen LogP contribution is -2.52. The van der Waals surface area contributed by atoms with Gasteiger partial charge >= 0.3 is 8.56 Å². The molecular formula is C15H39NO4Si3. The fourth-order valence-corrected chi connectivity index (χ4v) is 16.9.